The van der Waals surface area contributed by atoms with Crippen LogP contribution in [0.1, 0.15) is 18.4 Å². The molecule has 2 aliphatic rings. The quantitative estimate of drug-likeness (QED) is 0.933. The molecule has 2 amide bonds. The second-order valence-corrected chi connectivity index (χ2v) is 6.50. The van der Waals surface area contributed by atoms with Gasteiger partial charge in [0.25, 0.3) is 5.91 Å². The Morgan fingerprint density at radius 1 is 1.04 bits per heavy atom. The van der Waals surface area contributed by atoms with Gasteiger partial charge in [0.05, 0.1) is 12.2 Å². The van der Waals surface area contributed by atoms with Gasteiger partial charge in [-0.05, 0) is 30.5 Å². The van der Waals surface area contributed by atoms with Crippen LogP contribution in [0.5, 0.6) is 5.75 Å². The van der Waals surface area contributed by atoms with E-state index in [1.807, 2.05) is 48.5 Å². The smallest absolute Gasteiger partial charge is 0.263 e. The third kappa shape index (κ3) is 3.36. The summed E-state index contributed by atoms with van der Waals surface area (Å²) in [6.07, 6.45) is 1.17. The maximum atomic E-state index is 12.6. The molecule has 1 saturated carbocycles. The number of hydrogen-bond acceptors (Lipinski definition) is 3. The average Bonchev–Trinajstić information content (AvgIpc) is 3.50. The number of anilines is 1. The van der Waals surface area contributed by atoms with Gasteiger partial charge in [0.1, 0.15) is 5.75 Å². The number of carbonyl (C=O) groups excluding carboxylic acids is 2. The summed E-state index contributed by atoms with van der Waals surface area (Å²) in [5.41, 5.74) is 1.78. The van der Waals surface area contributed by atoms with Gasteiger partial charge < -0.3 is 15.0 Å². The van der Waals surface area contributed by atoms with Crippen LogP contribution in [0.4, 0.5) is 5.69 Å². The molecule has 1 aliphatic heterocycles. The molecule has 0 radical (unpaired) electrons. The standard InChI is InChI=1S/C20H20N2O3/c23-19(21-12-14-6-2-1-3-7-14)18-13-22(20(24)15-10-11-15)16-8-4-5-9-17(16)25-18/h1-9,15,18H,10-13H2,(H,21,23)/t18-/m0/s1. The van der Waals surface area contributed by atoms with Gasteiger partial charge in [0.15, 0.2) is 6.10 Å². The summed E-state index contributed by atoms with van der Waals surface area (Å²) in [5, 5.41) is 2.90. The number of nitrogens with one attached hydrogen (secondary N) is 1. The predicted molar refractivity (Wildman–Crippen MR) is 94.2 cm³/mol. The lowest BCUT2D eigenvalue weighted by Crippen LogP contribution is -2.51. The fraction of sp³-hybridized carbons (Fsp3) is 0.300. The number of rotatable bonds is 4. The Labute approximate surface area is 146 Å². The molecule has 1 fully saturated rings. The van der Waals surface area contributed by atoms with Crippen molar-refractivity contribution < 1.29 is 14.3 Å². The molecule has 25 heavy (non-hydrogen) atoms. The topological polar surface area (TPSA) is 58.6 Å². The van der Waals surface area contributed by atoms with E-state index >= 15 is 0 Å². The Bertz CT molecular complexity index is 787. The van der Waals surface area contributed by atoms with E-state index < -0.39 is 6.10 Å². The lowest BCUT2D eigenvalue weighted by Gasteiger charge is -2.34. The summed E-state index contributed by atoms with van der Waals surface area (Å²) in [5.74, 6) is 0.574. The second-order valence-electron chi connectivity index (χ2n) is 6.50. The molecule has 2 aromatic carbocycles. The van der Waals surface area contributed by atoms with Crippen LogP contribution in [-0.4, -0.2) is 24.5 Å². The first-order valence-corrected chi connectivity index (χ1v) is 8.61. The summed E-state index contributed by atoms with van der Waals surface area (Å²) < 4.78 is 5.86. The minimum absolute atomic E-state index is 0.0941. The maximum Gasteiger partial charge on any atom is 0.263 e. The summed E-state index contributed by atoms with van der Waals surface area (Å²) >= 11 is 0. The Kier molecular flexibility index (Phi) is 4.14. The zero-order valence-corrected chi connectivity index (χ0v) is 13.9. The zero-order valence-electron chi connectivity index (χ0n) is 13.9. The van der Waals surface area contributed by atoms with E-state index in [2.05, 4.69) is 5.32 Å². The fourth-order valence-corrected chi connectivity index (χ4v) is 3.03. The van der Waals surface area contributed by atoms with Gasteiger partial charge in [-0.3, -0.25) is 9.59 Å². The molecule has 4 rings (SSSR count). The van der Waals surface area contributed by atoms with Gasteiger partial charge in [-0.2, -0.15) is 0 Å². The predicted octanol–water partition coefficient (Wildman–Crippen LogP) is 2.51. The average molecular weight is 336 g/mol. The number of ether oxygens (including phenoxy) is 1. The van der Waals surface area contributed by atoms with Crippen LogP contribution in [0.2, 0.25) is 0 Å². The molecule has 1 aliphatic carbocycles. The highest BCUT2D eigenvalue weighted by atomic mass is 16.5. The lowest BCUT2D eigenvalue weighted by atomic mass is 10.1. The van der Waals surface area contributed by atoms with Crippen molar-refractivity contribution >= 4 is 17.5 Å². The Morgan fingerprint density at radius 3 is 2.52 bits per heavy atom. The molecular weight excluding hydrogens is 316 g/mol. The molecule has 128 valence electrons. The molecule has 1 N–H and O–H groups in total. The fourth-order valence-electron chi connectivity index (χ4n) is 3.03. The number of amides is 2. The molecule has 2 aromatic rings. The van der Waals surface area contributed by atoms with Crippen LogP contribution in [0, 0.1) is 5.92 Å². The van der Waals surface area contributed by atoms with Crippen molar-refractivity contribution in [2.45, 2.75) is 25.5 Å². The highest BCUT2D eigenvalue weighted by Gasteiger charge is 2.39. The van der Waals surface area contributed by atoms with Crippen molar-refractivity contribution in [2.75, 3.05) is 11.4 Å². The largest absolute Gasteiger partial charge is 0.477 e. The number of nitrogens with zero attached hydrogens (tertiary/aromatic N) is 1. The number of carbonyl (C=O) groups is 2. The summed E-state index contributed by atoms with van der Waals surface area (Å²) in [6, 6.07) is 17.1. The van der Waals surface area contributed by atoms with Crippen molar-refractivity contribution in [2.24, 2.45) is 5.92 Å². The summed E-state index contributed by atoms with van der Waals surface area (Å²) in [4.78, 5) is 26.9. The van der Waals surface area contributed by atoms with Gasteiger partial charge in [-0.15, -0.1) is 0 Å². The van der Waals surface area contributed by atoms with Gasteiger partial charge in [-0.1, -0.05) is 42.5 Å². The van der Waals surface area contributed by atoms with Crippen LogP contribution in [0.25, 0.3) is 0 Å². The van der Waals surface area contributed by atoms with Crippen molar-refractivity contribution in [1.82, 2.24) is 5.32 Å². The minimum Gasteiger partial charge on any atom is -0.477 e. The van der Waals surface area contributed by atoms with Crippen LogP contribution >= 0.6 is 0 Å². The monoisotopic (exact) mass is 336 g/mol. The molecule has 0 saturated heterocycles. The SMILES string of the molecule is O=C(NCc1ccccc1)[C@@H]1CN(C(=O)C2CC2)c2ccccc2O1. The van der Waals surface area contributed by atoms with Gasteiger partial charge in [-0.25, -0.2) is 0 Å². The van der Waals surface area contributed by atoms with Gasteiger partial charge >= 0.3 is 0 Å². The first-order valence-electron chi connectivity index (χ1n) is 8.61. The Hall–Kier alpha value is -2.82. The summed E-state index contributed by atoms with van der Waals surface area (Å²) in [6.45, 7) is 0.699. The minimum atomic E-state index is -0.693. The molecule has 0 bridgehead atoms. The molecular formula is C20H20N2O3. The lowest BCUT2D eigenvalue weighted by molar-refractivity contribution is -0.128. The van der Waals surface area contributed by atoms with Crippen molar-refractivity contribution in [3.8, 4) is 5.75 Å². The number of fused-ring (bicyclic) bond motifs is 1. The normalized spacial score (nSPS) is 18.9. The van der Waals surface area contributed by atoms with E-state index in [0.717, 1.165) is 24.1 Å². The van der Waals surface area contributed by atoms with E-state index in [1.165, 1.54) is 0 Å². The van der Waals surface area contributed by atoms with E-state index in [-0.39, 0.29) is 24.3 Å². The van der Waals surface area contributed by atoms with Gasteiger partial charge in [0.2, 0.25) is 5.91 Å². The molecule has 0 spiro atoms. The highest BCUT2D eigenvalue weighted by Crippen LogP contribution is 2.38. The number of para-hydroxylation sites is 2. The molecule has 0 unspecified atom stereocenters. The van der Waals surface area contributed by atoms with E-state index in [4.69, 9.17) is 4.74 Å². The van der Waals surface area contributed by atoms with E-state index in [9.17, 15) is 9.59 Å². The van der Waals surface area contributed by atoms with Crippen molar-refractivity contribution in [1.29, 1.82) is 0 Å². The van der Waals surface area contributed by atoms with Crippen molar-refractivity contribution in [3.05, 3.63) is 60.2 Å². The highest BCUT2D eigenvalue weighted by molar-refractivity contribution is 5.99. The number of benzene rings is 2. The molecule has 1 heterocycles. The van der Waals surface area contributed by atoms with E-state index in [1.54, 1.807) is 11.0 Å². The van der Waals surface area contributed by atoms with Crippen LogP contribution < -0.4 is 15.0 Å². The molecule has 5 nitrogen and oxygen atoms in total. The summed E-state index contributed by atoms with van der Waals surface area (Å²) in [7, 11) is 0. The van der Waals surface area contributed by atoms with Gasteiger partial charge in [0, 0.05) is 12.5 Å². The molecule has 0 aromatic heterocycles. The zero-order chi connectivity index (χ0) is 17.2. The Balaban J connectivity index is 1.49. The molecule has 1 atom stereocenters. The number of hydrogen-bond donors (Lipinski definition) is 1. The Morgan fingerprint density at radius 2 is 1.76 bits per heavy atom. The van der Waals surface area contributed by atoms with Crippen LogP contribution in [0.3, 0.4) is 0 Å². The van der Waals surface area contributed by atoms with E-state index in [0.29, 0.717) is 12.3 Å². The maximum absolute atomic E-state index is 12.6. The van der Waals surface area contributed by atoms with Crippen LogP contribution in [0.15, 0.2) is 54.6 Å². The molecule has 5 heteroatoms. The first-order chi connectivity index (χ1) is 12.2. The third-order valence-corrected chi connectivity index (χ3v) is 4.57. The third-order valence-electron chi connectivity index (χ3n) is 4.57. The second kappa shape index (κ2) is 6.59. The van der Waals surface area contributed by atoms with Crippen molar-refractivity contribution in [3.63, 3.8) is 0 Å². The van der Waals surface area contributed by atoms with Crippen LogP contribution in [-0.2, 0) is 16.1 Å². The first kappa shape index (κ1) is 15.7.